The number of hydrogen-bond acceptors (Lipinski definition) is 3. The molecule has 2 aromatic carbocycles. The summed E-state index contributed by atoms with van der Waals surface area (Å²) in [5.41, 5.74) is 1.01. The monoisotopic (exact) mass is 253 g/mol. The number of hydrogen-bond donors (Lipinski definition) is 1. The molecule has 0 atom stereocenters. The van der Waals surface area contributed by atoms with Gasteiger partial charge in [-0.25, -0.2) is 0 Å². The van der Waals surface area contributed by atoms with Crippen molar-refractivity contribution in [1.82, 2.24) is 4.98 Å². The maximum Gasteiger partial charge on any atom is 0.115 e. The molecule has 0 aliphatic rings. The minimum Gasteiger partial charge on any atom is -0.508 e. The molecule has 88 valence electrons. The van der Waals surface area contributed by atoms with Gasteiger partial charge in [0.1, 0.15) is 5.75 Å². The third kappa shape index (κ3) is 2.31. The molecule has 3 rings (SSSR count). The van der Waals surface area contributed by atoms with E-state index in [2.05, 4.69) is 17.1 Å². The van der Waals surface area contributed by atoms with Gasteiger partial charge in [-0.2, -0.15) is 0 Å². The fourth-order valence-corrected chi connectivity index (χ4v) is 2.59. The average molecular weight is 253 g/mol. The van der Waals surface area contributed by atoms with Crippen molar-refractivity contribution in [3.05, 3.63) is 60.8 Å². The van der Waals surface area contributed by atoms with Gasteiger partial charge < -0.3 is 5.11 Å². The third-order valence-electron chi connectivity index (χ3n) is 2.64. The van der Waals surface area contributed by atoms with E-state index in [1.807, 2.05) is 36.5 Å². The molecule has 3 aromatic rings. The lowest BCUT2D eigenvalue weighted by Crippen LogP contribution is -1.80. The average Bonchev–Trinajstić information content (AvgIpc) is 2.41. The highest BCUT2D eigenvalue weighted by atomic mass is 32.2. The standard InChI is InChI=1S/C15H11NOS/c17-12-5-7-13(8-6-12)18-14-9-11-3-1-2-4-15(11)16-10-14/h1-10,17H. The fraction of sp³-hybridized carbons (Fsp3) is 0. The molecule has 1 heterocycles. The molecule has 0 aliphatic heterocycles. The van der Waals surface area contributed by atoms with Crippen LogP contribution in [0.5, 0.6) is 5.75 Å². The summed E-state index contributed by atoms with van der Waals surface area (Å²) in [4.78, 5) is 6.61. The number of para-hydroxylation sites is 1. The van der Waals surface area contributed by atoms with Gasteiger partial charge in [0.15, 0.2) is 0 Å². The molecular formula is C15H11NOS. The molecule has 0 saturated heterocycles. The highest BCUT2D eigenvalue weighted by molar-refractivity contribution is 7.99. The molecule has 0 fully saturated rings. The zero-order chi connectivity index (χ0) is 12.4. The number of fused-ring (bicyclic) bond motifs is 1. The summed E-state index contributed by atoms with van der Waals surface area (Å²) >= 11 is 1.64. The second kappa shape index (κ2) is 4.70. The van der Waals surface area contributed by atoms with Gasteiger partial charge in [-0.1, -0.05) is 30.0 Å². The quantitative estimate of drug-likeness (QED) is 0.746. The lowest BCUT2D eigenvalue weighted by atomic mass is 10.2. The number of pyridine rings is 1. The number of nitrogens with zero attached hydrogens (tertiary/aromatic N) is 1. The van der Waals surface area contributed by atoms with Crippen LogP contribution < -0.4 is 0 Å². The fourth-order valence-electron chi connectivity index (χ4n) is 1.76. The lowest BCUT2D eigenvalue weighted by molar-refractivity contribution is 0.475. The van der Waals surface area contributed by atoms with E-state index in [-0.39, 0.29) is 5.75 Å². The Morgan fingerprint density at radius 2 is 1.67 bits per heavy atom. The van der Waals surface area contributed by atoms with Gasteiger partial charge >= 0.3 is 0 Å². The molecule has 0 unspecified atom stereocenters. The Kier molecular flexibility index (Phi) is 2.90. The maximum atomic E-state index is 9.24. The van der Waals surface area contributed by atoms with Crippen LogP contribution in [0.1, 0.15) is 0 Å². The third-order valence-corrected chi connectivity index (χ3v) is 3.60. The highest BCUT2D eigenvalue weighted by Gasteiger charge is 2.00. The first-order chi connectivity index (χ1) is 8.81. The van der Waals surface area contributed by atoms with Crippen molar-refractivity contribution in [2.45, 2.75) is 9.79 Å². The second-order valence-electron chi connectivity index (χ2n) is 3.96. The summed E-state index contributed by atoms with van der Waals surface area (Å²) in [6.07, 6.45) is 1.87. The molecule has 0 aliphatic carbocycles. The normalized spacial score (nSPS) is 10.7. The Morgan fingerprint density at radius 1 is 0.889 bits per heavy atom. The number of aromatic hydroxyl groups is 1. The molecule has 0 saturated carbocycles. The Hall–Kier alpha value is -2.00. The SMILES string of the molecule is Oc1ccc(Sc2cnc3ccccc3c2)cc1. The summed E-state index contributed by atoms with van der Waals surface area (Å²) in [5.74, 6) is 0.288. The second-order valence-corrected chi connectivity index (χ2v) is 5.11. The molecule has 0 spiro atoms. The van der Waals surface area contributed by atoms with Crippen molar-refractivity contribution >= 4 is 22.7 Å². The minimum absolute atomic E-state index is 0.288. The zero-order valence-electron chi connectivity index (χ0n) is 9.58. The Bertz CT molecular complexity index is 679. The van der Waals surface area contributed by atoms with Crippen LogP contribution in [-0.2, 0) is 0 Å². The molecule has 0 radical (unpaired) electrons. The van der Waals surface area contributed by atoms with Gasteiger partial charge in [0, 0.05) is 21.4 Å². The van der Waals surface area contributed by atoms with Crippen molar-refractivity contribution in [3.63, 3.8) is 0 Å². The highest BCUT2D eigenvalue weighted by Crippen LogP contribution is 2.29. The van der Waals surface area contributed by atoms with Crippen molar-refractivity contribution in [1.29, 1.82) is 0 Å². The van der Waals surface area contributed by atoms with E-state index >= 15 is 0 Å². The van der Waals surface area contributed by atoms with E-state index in [4.69, 9.17) is 0 Å². The van der Waals surface area contributed by atoms with E-state index in [9.17, 15) is 5.11 Å². The number of benzene rings is 2. The first-order valence-corrected chi connectivity index (χ1v) is 6.44. The van der Waals surface area contributed by atoms with Gasteiger partial charge in [-0.3, -0.25) is 4.98 Å². The van der Waals surface area contributed by atoms with Crippen LogP contribution in [0.2, 0.25) is 0 Å². The molecule has 0 amide bonds. The van der Waals surface area contributed by atoms with Crippen LogP contribution in [0.3, 0.4) is 0 Å². The predicted molar refractivity (Wildman–Crippen MR) is 74.0 cm³/mol. The topological polar surface area (TPSA) is 33.1 Å². The number of rotatable bonds is 2. The first kappa shape index (κ1) is 11.1. The zero-order valence-corrected chi connectivity index (χ0v) is 10.4. The van der Waals surface area contributed by atoms with Crippen molar-refractivity contribution < 1.29 is 5.11 Å². The van der Waals surface area contributed by atoms with E-state index in [1.54, 1.807) is 23.9 Å². The molecule has 0 bridgehead atoms. The van der Waals surface area contributed by atoms with Crippen LogP contribution in [0.25, 0.3) is 10.9 Å². The summed E-state index contributed by atoms with van der Waals surface area (Å²) in [5, 5.41) is 10.4. The van der Waals surface area contributed by atoms with E-state index in [0.717, 1.165) is 20.7 Å². The van der Waals surface area contributed by atoms with E-state index in [1.165, 1.54) is 0 Å². The van der Waals surface area contributed by atoms with Crippen molar-refractivity contribution in [3.8, 4) is 5.75 Å². The molecular weight excluding hydrogens is 242 g/mol. The smallest absolute Gasteiger partial charge is 0.115 e. The Balaban J connectivity index is 1.92. The van der Waals surface area contributed by atoms with Gasteiger partial charge in [0.05, 0.1) is 5.52 Å². The molecule has 1 N–H and O–H groups in total. The summed E-state index contributed by atoms with van der Waals surface area (Å²) in [7, 11) is 0. The minimum atomic E-state index is 0.288. The maximum absolute atomic E-state index is 9.24. The first-order valence-electron chi connectivity index (χ1n) is 5.63. The van der Waals surface area contributed by atoms with E-state index in [0.29, 0.717) is 0 Å². The van der Waals surface area contributed by atoms with Crippen LogP contribution in [0.4, 0.5) is 0 Å². The van der Waals surface area contributed by atoms with Gasteiger partial charge in [-0.05, 0) is 36.4 Å². The lowest BCUT2D eigenvalue weighted by Gasteiger charge is -2.03. The van der Waals surface area contributed by atoms with Crippen molar-refractivity contribution in [2.75, 3.05) is 0 Å². The Morgan fingerprint density at radius 3 is 2.50 bits per heavy atom. The number of aromatic nitrogens is 1. The molecule has 2 nitrogen and oxygen atoms in total. The summed E-state index contributed by atoms with van der Waals surface area (Å²) < 4.78 is 0. The largest absolute Gasteiger partial charge is 0.508 e. The van der Waals surface area contributed by atoms with Gasteiger partial charge in [0.25, 0.3) is 0 Å². The molecule has 1 aromatic heterocycles. The summed E-state index contributed by atoms with van der Waals surface area (Å²) in [6, 6.07) is 17.4. The van der Waals surface area contributed by atoms with Gasteiger partial charge in [0.2, 0.25) is 0 Å². The van der Waals surface area contributed by atoms with E-state index < -0.39 is 0 Å². The molecule has 18 heavy (non-hydrogen) atoms. The van der Waals surface area contributed by atoms with Crippen LogP contribution in [0, 0.1) is 0 Å². The predicted octanol–water partition coefficient (Wildman–Crippen LogP) is 4.09. The van der Waals surface area contributed by atoms with Crippen LogP contribution >= 0.6 is 11.8 Å². The Labute approximate surface area is 109 Å². The van der Waals surface area contributed by atoms with Gasteiger partial charge in [-0.15, -0.1) is 0 Å². The van der Waals surface area contributed by atoms with Crippen LogP contribution in [0.15, 0.2) is 70.6 Å². The van der Waals surface area contributed by atoms with Crippen LogP contribution in [-0.4, -0.2) is 10.1 Å². The van der Waals surface area contributed by atoms with Crippen molar-refractivity contribution in [2.24, 2.45) is 0 Å². The number of phenolic OH excluding ortho intramolecular Hbond substituents is 1. The summed E-state index contributed by atoms with van der Waals surface area (Å²) in [6.45, 7) is 0. The molecule has 3 heteroatoms. The number of phenols is 1.